The molecule has 0 unspecified atom stereocenters. The number of carbonyl (C=O) groups is 8. The molecule has 22 nitrogen and oxygen atoms in total. The minimum atomic E-state index is -1.76. The van der Waals surface area contributed by atoms with Gasteiger partial charge in [-0.05, 0) is 75.5 Å². The molecule has 2 heterocycles. The largest absolute Gasteiger partial charge is 0.508 e. The predicted octanol–water partition coefficient (Wildman–Crippen LogP) is -2.39. The first kappa shape index (κ1) is 50.3. The first-order valence-electron chi connectivity index (χ1n) is 20.8. The smallest absolute Gasteiger partial charge is 0.326 e. The number of carboxylic acid groups (broad SMARTS) is 2. The summed E-state index contributed by atoms with van der Waals surface area (Å²) in [6.07, 6.45) is -0.747. The van der Waals surface area contributed by atoms with E-state index in [2.05, 4.69) is 26.3 Å². The van der Waals surface area contributed by atoms with Crippen molar-refractivity contribution in [3.05, 3.63) is 29.8 Å². The lowest BCUT2D eigenvalue weighted by molar-refractivity contribution is -0.145. The molecule has 0 aromatic heterocycles. The maximum absolute atomic E-state index is 14.0. The van der Waals surface area contributed by atoms with E-state index in [4.69, 9.17) is 17.2 Å². The number of aliphatic imine (C=N–C) groups is 1. The van der Waals surface area contributed by atoms with Crippen LogP contribution in [0.15, 0.2) is 29.3 Å². The van der Waals surface area contributed by atoms with Gasteiger partial charge in [-0.1, -0.05) is 32.4 Å². The number of aromatic hydroxyl groups is 1. The average molecular weight is 875 g/mol. The Kier molecular flexibility index (Phi) is 19.3. The Morgan fingerprint density at radius 3 is 1.87 bits per heavy atom. The van der Waals surface area contributed by atoms with Crippen LogP contribution in [0.3, 0.4) is 0 Å². The third-order valence-corrected chi connectivity index (χ3v) is 11.1. The first-order chi connectivity index (χ1) is 29.2. The number of aliphatic hydroxyl groups is 1. The first-order valence-corrected chi connectivity index (χ1v) is 20.8. The van der Waals surface area contributed by atoms with Crippen molar-refractivity contribution in [2.75, 3.05) is 19.6 Å². The van der Waals surface area contributed by atoms with Crippen LogP contribution in [0.2, 0.25) is 0 Å². The van der Waals surface area contributed by atoms with Crippen LogP contribution in [0.25, 0.3) is 0 Å². The number of phenols is 1. The van der Waals surface area contributed by atoms with Crippen LogP contribution >= 0.6 is 0 Å². The Bertz CT molecular complexity index is 1790. The second kappa shape index (κ2) is 23.8. The SMILES string of the molecule is CC[C@H](C)[C@H](N)C(=O)N1CCC[C@H]1C(=O)N[C@@H](Cc1ccc(O)cc1)C(=O)N[C@H](C(=O)N[C@@H](CCC(=O)O)C(=O)N1CCC[C@H]1C(=O)N[C@@H](CCCN=C(N)N)C(=O)O)[C@@H](C)O. The Morgan fingerprint density at radius 1 is 0.790 bits per heavy atom. The molecular weight excluding hydrogens is 812 g/mol. The molecule has 3 rings (SSSR count). The van der Waals surface area contributed by atoms with Gasteiger partial charge in [0.15, 0.2) is 5.96 Å². The second-order valence-electron chi connectivity index (χ2n) is 15.8. The number of hydrogen-bond acceptors (Lipinski definition) is 12. The molecule has 2 aliphatic rings. The van der Waals surface area contributed by atoms with Crippen LogP contribution in [0.4, 0.5) is 0 Å². The van der Waals surface area contributed by atoms with Crippen LogP contribution in [0.5, 0.6) is 5.75 Å². The fraction of sp³-hybridized carbons (Fsp3) is 0.625. The molecule has 6 amide bonds. The highest BCUT2D eigenvalue weighted by Crippen LogP contribution is 2.23. The summed E-state index contributed by atoms with van der Waals surface area (Å²) < 4.78 is 0. The summed E-state index contributed by atoms with van der Waals surface area (Å²) in [5.74, 6) is -7.78. The zero-order chi connectivity index (χ0) is 46.3. The van der Waals surface area contributed by atoms with Gasteiger partial charge in [-0.3, -0.25) is 38.6 Å². The third-order valence-electron chi connectivity index (χ3n) is 11.1. The fourth-order valence-corrected chi connectivity index (χ4v) is 7.31. The number of aliphatic hydroxyl groups excluding tert-OH is 1. The standard InChI is InChI=1S/C40H62N10O12/c1-4-21(2)31(41)38(60)50-19-7-10-29(50)35(57)47-27(20-23-11-13-24(52)14-12-23)33(55)48-32(22(3)51)36(58)45-25(15-16-30(53)54)37(59)49-18-6-9-28(49)34(56)46-26(39(61)62)8-5-17-44-40(42)43/h11-14,21-22,25-29,31-32,51-52H,4-10,15-20,41H2,1-3H3,(H,45,58)(H,46,56)(H,47,57)(H,48,55)(H,53,54)(H,61,62)(H4,42,43,44)/t21-,22+,25-,26-,27-,28-,29-,31-,32-/m0/s1. The van der Waals surface area contributed by atoms with E-state index in [1.165, 1.54) is 36.1 Å². The summed E-state index contributed by atoms with van der Waals surface area (Å²) in [6.45, 7) is 5.30. The number of nitrogens with two attached hydrogens (primary N) is 3. The maximum atomic E-state index is 14.0. The number of benzene rings is 1. The van der Waals surface area contributed by atoms with Gasteiger partial charge in [-0.2, -0.15) is 0 Å². The lowest BCUT2D eigenvalue weighted by Gasteiger charge is -2.31. The highest BCUT2D eigenvalue weighted by molar-refractivity contribution is 5.97. The van der Waals surface area contributed by atoms with Gasteiger partial charge in [0.25, 0.3) is 0 Å². The highest BCUT2D eigenvalue weighted by Gasteiger charge is 2.42. The molecule has 344 valence electrons. The van der Waals surface area contributed by atoms with E-state index in [1.807, 2.05) is 13.8 Å². The summed E-state index contributed by atoms with van der Waals surface area (Å²) in [4.78, 5) is 112. The van der Waals surface area contributed by atoms with Crippen LogP contribution in [0.1, 0.15) is 84.1 Å². The molecular formula is C40H62N10O12. The number of likely N-dealkylation sites (tertiary alicyclic amines) is 2. The monoisotopic (exact) mass is 874 g/mol. The molecule has 1 aromatic carbocycles. The molecule has 2 fully saturated rings. The molecule has 0 aliphatic carbocycles. The van der Waals surface area contributed by atoms with Gasteiger partial charge in [0.05, 0.1) is 12.1 Å². The van der Waals surface area contributed by atoms with E-state index in [0.29, 0.717) is 31.2 Å². The summed E-state index contributed by atoms with van der Waals surface area (Å²) in [5, 5.41) is 49.8. The number of guanidine groups is 1. The van der Waals surface area contributed by atoms with Crippen LogP contribution < -0.4 is 38.5 Å². The Hall–Kier alpha value is -6.03. The molecule has 62 heavy (non-hydrogen) atoms. The van der Waals surface area contributed by atoms with Crippen LogP contribution in [-0.2, 0) is 44.8 Å². The lowest BCUT2D eigenvalue weighted by Crippen LogP contribution is -2.62. The lowest BCUT2D eigenvalue weighted by atomic mass is 9.98. The van der Waals surface area contributed by atoms with Crippen LogP contribution in [-0.4, -0.2) is 152 Å². The molecule has 0 radical (unpaired) electrons. The van der Waals surface area contributed by atoms with Gasteiger partial charge in [0, 0.05) is 32.5 Å². The van der Waals surface area contributed by atoms with Gasteiger partial charge < -0.3 is 68.7 Å². The van der Waals surface area contributed by atoms with Gasteiger partial charge >= 0.3 is 11.9 Å². The van der Waals surface area contributed by atoms with Crippen molar-refractivity contribution >= 4 is 53.3 Å². The maximum Gasteiger partial charge on any atom is 0.326 e. The molecule has 0 bridgehead atoms. The quantitative estimate of drug-likeness (QED) is 0.0311. The minimum Gasteiger partial charge on any atom is -0.508 e. The number of nitrogens with one attached hydrogen (secondary N) is 4. The number of nitrogens with zero attached hydrogens (tertiary/aromatic N) is 3. The van der Waals surface area contributed by atoms with Gasteiger partial charge in [0.2, 0.25) is 35.4 Å². The summed E-state index contributed by atoms with van der Waals surface area (Å²) >= 11 is 0. The molecule has 1 aromatic rings. The molecule has 14 N–H and O–H groups in total. The zero-order valence-electron chi connectivity index (χ0n) is 35.3. The number of phenolic OH excluding ortho intramolecular Hbond substituents is 1. The zero-order valence-corrected chi connectivity index (χ0v) is 35.3. The van der Waals surface area contributed by atoms with Crippen molar-refractivity contribution in [3.8, 4) is 5.75 Å². The Balaban J connectivity index is 1.82. The van der Waals surface area contributed by atoms with Crippen molar-refractivity contribution in [1.82, 2.24) is 31.1 Å². The molecule has 9 atom stereocenters. The van der Waals surface area contributed by atoms with Gasteiger partial charge in [-0.25, -0.2) is 4.79 Å². The minimum absolute atomic E-state index is 0.0153. The Labute approximate surface area is 359 Å². The number of amides is 6. The van der Waals surface area contributed by atoms with E-state index in [0.717, 1.165) is 4.90 Å². The van der Waals surface area contributed by atoms with Crippen molar-refractivity contribution in [2.24, 2.45) is 28.1 Å². The number of carbonyl (C=O) groups excluding carboxylic acids is 6. The summed E-state index contributed by atoms with van der Waals surface area (Å²) in [5.41, 5.74) is 17.3. The van der Waals surface area contributed by atoms with Crippen LogP contribution in [0, 0.1) is 5.92 Å². The number of carboxylic acids is 2. The topological polar surface area (TPSA) is 362 Å². The predicted molar refractivity (Wildman–Crippen MR) is 223 cm³/mol. The van der Waals surface area contributed by atoms with E-state index in [1.54, 1.807) is 0 Å². The molecule has 2 aliphatic heterocycles. The van der Waals surface area contributed by atoms with E-state index >= 15 is 0 Å². The van der Waals surface area contributed by atoms with Gasteiger partial charge in [0.1, 0.15) is 42.0 Å². The summed E-state index contributed by atoms with van der Waals surface area (Å²) in [6, 6.07) is -3.26. The Morgan fingerprint density at radius 2 is 1.35 bits per heavy atom. The highest BCUT2D eigenvalue weighted by atomic mass is 16.4. The number of rotatable bonds is 23. The molecule has 2 saturated heterocycles. The van der Waals surface area contributed by atoms with E-state index < -0.39 is 109 Å². The summed E-state index contributed by atoms with van der Waals surface area (Å²) in [7, 11) is 0. The molecule has 22 heteroatoms. The fourth-order valence-electron chi connectivity index (χ4n) is 7.31. The normalized spacial score (nSPS) is 19.4. The van der Waals surface area contributed by atoms with Crippen molar-refractivity contribution in [1.29, 1.82) is 0 Å². The van der Waals surface area contributed by atoms with Crippen molar-refractivity contribution in [3.63, 3.8) is 0 Å². The van der Waals surface area contributed by atoms with Crippen molar-refractivity contribution in [2.45, 2.75) is 133 Å². The molecule has 0 saturated carbocycles. The molecule has 0 spiro atoms. The van der Waals surface area contributed by atoms with E-state index in [9.17, 15) is 58.8 Å². The third kappa shape index (κ3) is 14.6. The second-order valence-corrected chi connectivity index (χ2v) is 15.8. The average Bonchev–Trinajstić information content (AvgIpc) is 3.93. The number of aliphatic carboxylic acids is 2. The van der Waals surface area contributed by atoms with Gasteiger partial charge in [-0.15, -0.1) is 0 Å². The number of hydrogen-bond donors (Lipinski definition) is 11. The van der Waals surface area contributed by atoms with Crippen molar-refractivity contribution < 1.29 is 58.8 Å². The van der Waals surface area contributed by atoms with E-state index in [-0.39, 0.29) is 62.9 Å².